The molecule has 0 aliphatic heterocycles. The van der Waals surface area contributed by atoms with Gasteiger partial charge in [-0.15, -0.1) is 0 Å². The summed E-state index contributed by atoms with van der Waals surface area (Å²) < 4.78 is 16.1. The maximum Gasteiger partial charge on any atom is 0.170 e. The van der Waals surface area contributed by atoms with Crippen molar-refractivity contribution < 1.29 is 9.18 Å². The molecule has 0 fully saturated rings. The fourth-order valence-corrected chi connectivity index (χ4v) is 2.53. The Balaban J connectivity index is 1.99. The number of imidazole rings is 1. The molecule has 4 aromatic rings. The van der Waals surface area contributed by atoms with E-state index in [0.29, 0.717) is 34.1 Å². The molecule has 0 aliphatic carbocycles. The van der Waals surface area contributed by atoms with Crippen molar-refractivity contribution in [1.29, 1.82) is 0 Å². The number of halogens is 1. The van der Waals surface area contributed by atoms with Gasteiger partial charge in [-0.2, -0.15) is 0 Å². The Bertz CT molecular complexity index is 1030. The van der Waals surface area contributed by atoms with E-state index in [2.05, 4.69) is 15.0 Å². The Morgan fingerprint density at radius 2 is 2.18 bits per heavy atom. The molecular formula is C15H10FN5O. The maximum absolute atomic E-state index is 14.6. The highest BCUT2D eigenvalue weighted by molar-refractivity contribution is 5.84. The normalized spacial score (nSPS) is 11.3. The minimum atomic E-state index is -0.369. The second kappa shape index (κ2) is 4.39. The van der Waals surface area contributed by atoms with Gasteiger partial charge >= 0.3 is 0 Å². The van der Waals surface area contributed by atoms with Gasteiger partial charge in [-0.3, -0.25) is 9.20 Å². The van der Waals surface area contributed by atoms with Crippen LogP contribution in [0.2, 0.25) is 0 Å². The van der Waals surface area contributed by atoms with Crippen LogP contribution in [0.1, 0.15) is 10.5 Å². The van der Waals surface area contributed by atoms with E-state index >= 15 is 0 Å². The minimum absolute atomic E-state index is 0.145. The molecule has 0 spiro atoms. The van der Waals surface area contributed by atoms with Crippen molar-refractivity contribution in [2.45, 2.75) is 0 Å². The molecular weight excluding hydrogens is 285 g/mol. The summed E-state index contributed by atoms with van der Waals surface area (Å²) in [6.07, 6.45) is 5.34. The first kappa shape index (κ1) is 12.5. The lowest BCUT2D eigenvalue weighted by Gasteiger charge is -2.05. The molecule has 0 unspecified atom stereocenters. The van der Waals surface area contributed by atoms with Crippen LogP contribution in [-0.4, -0.2) is 25.6 Å². The number of H-pyrrole nitrogens is 1. The quantitative estimate of drug-likeness (QED) is 0.556. The van der Waals surface area contributed by atoms with Crippen molar-refractivity contribution in [3.8, 4) is 11.1 Å². The lowest BCUT2D eigenvalue weighted by molar-refractivity contribution is 0.111. The van der Waals surface area contributed by atoms with Crippen LogP contribution in [0, 0.1) is 5.82 Å². The van der Waals surface area contributed by atoms with Crippen molar-refractivity contribution >= 4 is 28.8 Å². The SMILES string of the molecule is Nc1nc2ccc(-c3cnc4[nH]ccc4c3F)cn2c1C=O. The Hall–Kier alpha value is -3.22. The lowest BCUT2D eigenvalue weighted by Crippen LogP contribution is -1.96. The molecule has 3 N–H and O–H groups in total. The van der Waals surface area contributed by atoms with Crippen molar-refractivity contribution in [2.24, 2.45) is 0 Å². The van der Waals surface area contributed by atoms with Crippen molar-refractivity contribution in [3.05, 3.63) is 48.3 Å². The number of nitrogen functional groups attached to an aromatic ring is 1. The van der Waals surface area contributed by atoms with Crippen LogP contribution >= 0.6 is 0 Å². The van der Waals surface area contributed by atoms with Gasteiger partial charge in [0.1, 0.15) is 22.8 Å². The molecule has 0 aliphatic rings. The molecule has 0 saturated heterocycles. The summed E-state index contributed by atoms with van der Waals surface area (Å²) in [5.74, 6) is -0.224. The molecule has 4 aromatic heterocycles. The zero-order valence-corrected chi connectivity index (χ0v) is 11.2. The molecule has 108 valence electrons. The predicted octanol–water partition coefficient (Wildman–Crippen LogP) is 2.41. The number of anilines is 1. The molecule has 4 heterocycles. The molecule has 7 heteroatoms. The maximum atomic E-state index is 14.6. The largest absolute Gasteiger partial charge is 0.382 e. The number of hydrogen-bond donors (Lipinski definition) is 2. The molecule has 0 saturated carbocycles. The summed E-state index contributed by atoms with van der Waals surface area (Å²) in [6.45, 7) is 0. The molecule has 0 radical (unpaired) electrons. The van der Waals surface area contributed by atoms with Crippen molar-refractivity contribution in [3.63, 3.8) is 0 Å². The van der Waals surface area contributed by atoms with E-state index in [4.69, 9.17) is 5.73 Å². The highest BCUT2D eigenvalue weighted by atomic mass is 19.1. The fourth-order valence-electron chi connectivity index (χ4n) is 2.53. The van der Waals surface area contributed by atoms with E-state index < -0.39 is 0 Å². The first-order chi connectivity index (χ1) is 10.7. The summed E-state index contributed by atoms with van der Waals surface area (Å²) in [7, 11) is 0. The number of carbonyl (C=O) groups is 1. The van der Waals surface area contributed by atoms with Gasteiger partial charge in [0.05, 0.1) is 5.39 Å². The standard InChI is InChI=1S/C15H10FN5O/c16-13-9-3-4-18-15(9)19-5-10(13)8-1-2-12-20-14(17)11(7-22)21(12)6-8/h1-7H,17H2,(H,18,19). The van der Waals surface area contributed by atoms with Crippen LogP contribution in [0.4, 0.5) is 10.2 Å². The van der Waals surface area contributed by atoms with E-state index in [-0.39, 0.29) is 17.3 Å². The third-order valence-corrected chi connectivity index (χ3v) is 3.63. The van der Waals surface area contributed by atoms with E-state index in [1.165, 1.54) is 6.20 Å². The van der Waals surface area contributed by atoms with Crippen molar-refractivity contribution in [2.75, 3.05) is 5.73 Å². The summed E-state index contributed by atoms with van der Waals surface area (Å²) in [5, 5.41) is 0.415. The van der Waals surface area contributed by atoms with E-state index in [1.807, 2.05) is 0 Å². The fraction of sp³-hybridized carbons (Fsp3) is 0. The van der Waals surface area contributed by atoms with Gasteiger partial charge in [-0.05, 0) is 18.2 Å². The van der Waals surface area contributed by atoms with Gasteiger partial charge in [0.25, 0.3) is 0 Å². The van der Waals surface area contributed by atoms with Crippen LogP contribution in [0.5, 0.6) is 0 Å². The third kappa shape index (κ3) is 1.62. The summed E-state index contributed by atoms with van der Waals surface area (Å²) in [5.41, 5.74) is 7.88. The van der Waals surface area contributed by atoms with Crippen LogP contribution in [0.15, 0.2) is 36.8 Å². The smallest absolute Gasteiger partial charge is 0.170 e. The molecule has 0 bridgehead atoms. The number of aromatic nitrogens is 4. The Morgan fingerprint density at radius 1 is 1.32 bits per heavy atom. The van der Waals surface area contributed by atoms with E-state index in [1.54, 1.807) is 35.0 Å². The number of fused-ring (bicyclic) bond motifs is 2. The zero-order chi connectivity index (χ0) is 15.3. The molecule has 22 heavy (non-hydrogen) atoms. The summed E-state index contributed by atoms with van der Waals surface area (Å²) in [4.78, 5) is 22.3. The monoisotopic (exact) mass is 295 g/mol. The Labute approximate surface area is 123 Å². The number of carbonyl (C=O) groups excluding carboxylic acids is 1. The lowest BCUT2D eigenvalue weighted by atomic mass is 10.1. The molecule has 6 nitrogen and oxygen atoms in total. The summed E-state index contributed by atoms with van der Waals surface area (Å²) >= 11 is 0. The number of hydrogen-bond acceptors (Lipinski definition) is 4. The Morgan fingerprint density at radius 3 is 3.00 bits per heavy atom. The van der Waals surface area contributed by atoms with Crippen LogP contribution in [0.25, 0.3) is 27.8 Å². The zero-order valence-electron chi connectivity index (χ0n) is 11.2. The van der Waals surface area contributed by atoms with Gasteiger partial charge < -0.3 is 10.7 Å². The molecule has 0 atom stereocenters. The van der Waals surface area contributed by atoms with E-state index in [0.717, 1.165) is 0 Å². The number of rotatable bonds is 2. The number of nitrogens with zero attached hydrogens (tertiary/aromatic N) is 3. The predicted molar refractivity (Wildman–Crippen MR) is 80.0 cm³/mol. The highest BCUT2D eigenvalue weighted by Crippen LogP contribution is 2.28. The average Bonchev–Trinajstić information content (AvgIpc) is 3.10. The summed E-state index contributed by atoms with van der Waals surface area (Å²) in [6, 6.07) is 5.03. The number of aldehydes is 1. The Kier molecular flexibility index (Phi) is 2.50. The molecule has 0 aromatic carbocycles. The average molecular weight is 295 g/mol. The van der Waals surface area contributed by atoms with Crippen molar-refractivity contribution in [1.82, 2.24) is 19.4 Å². The second-order valence-corrected chi connectivity index (χ2v) is 4.87. The van der Waals surface area contributed by atoms with Gasteiger partial charge in [0.15, 0.2) is 12.1 Å². The minimum Gasteiger partial charge on any atom is -0.382 e. The molecule has 0 amide bonds. The highest BCUT2D eigenvalue weighted by Gasteiger charge is 2.14. The molecule has 4 rings (SSSR count). The number of pyridine rings is 2. The second-order valence-electron chi connectivity index (χ2n) is 4.87. The first-order valence-corrected chi connectivity index (χ1v) is 6.54. The van der Waals surface area contributed by atoms with Crippen LogP contribution < -0.4 is 5.73 Å². The van der Waals surface area contributed by atoms with Crippen LogP contribution in [-0.2, 0) is 0 Å². The van der Waals surface area contributed by atoms with E-state index in [9.17, 15) is 9.18 Å². The van der Waals surface area contributed by atoms with Gasteiger partial charge in [0.2, 0.25) is 0 Å². The first-order valence-electron chi connectivity index (χ1n) is 6.54. The van der Waals surface area contributed by atoms with Gasteiger partial charge in [-0.25, -0.2) is 14.4 Å². The van der Waals surface area contributed by atoms with Gasteiger partial charge in [-0.1, -0.05) is 0 Å². The van der Waals surface area contributed by atoms with Gasteiger partial charge in [0, 0.05) is 29.7 Å². The topological polar surface area (TPSA) is 89.1 Å². The number of aromatic amines is 1. The number of nitrogens with one attached hydrogen (secondary N) is 1. The van der Waals surface area contributed by atoms with Crippen LogP contribution in [0.3, 0.4) is 0 Å². The third-order valence-electron chi connectivity index (χ3n) is 3.63. The number of nitrogens with two attached hydrogens (primary N) is 1.